The molecule has 25 heavy (non-hydrogen) atoms. The van der Waals surface area contributed by atoms with E-state index in [0.717, 1.165) is 43.2 Å². The average Bonchev–Trinajstić information content (AvgIpc) is 2.48. The van der Waals surface area contributed by atoms with Crippen molar-refractivity contribution in [3.8, 4) is 0 Å². The fourth-order valence-corrected chi connectivity index (χ4v) is 3.27. The number of hydrogen-bond donors (Lipinski definition) is 2. The van der Waals surface area contributed by atoms with Crippen LogP contribution in [0.25, 0.3) is 0 Å². The van der Waals surface area contributed by atoms with Gasteiger partial charge in [0.1, 0.15) is 0 Å². The molecule has 0 saturated carbocycles. The number of rotatable bonds is 10. The number of aromatic carboxylic acids is 2. The third-order valence-electron chi connectivity index (χ3n) is 4.70. The van der Waals surface area contributed by atoms with Gasteiger partial charge >= 0.3 is 11.9 Å². The summed E-state index contributed by atoms with van der Waals surface area (Å²) in [6.45, 7) is 10.5. The lowest BCUT2D eigenvalue weighted by Crippen LogP contribution is -2.15. The van der Waals surface area contributed by atoms with Crippen molar-refractivity contribution in [3.05, 3.63) is 33.9 Å². The van der Waals surface area contributed by atoms with E-state index in [9.17, 15) is 19.8 Å². The largest absolute Gasteiger partial charge is 0.478 e. The molecule has 0 radical (unpaired) electrons. The lowest BCUT2D eigenvalue weighted by atomic mass is 9.86. The van der Waals surface area contributed by atoms with E-state index in [1.807, 2.05) is 6.92 Å². The maximum Gasteiger partial charge on any atom is 0.336 e. The molecule has 0 bridgehead atoms. The topological polar surface area (TPSA) is 74.6 Å². The van der Waals surface area contributed by atoms with Crippen LogP contribution in [0.5, 0.6) is 0 Å². The molecule has 1 aromatic carbocycles. The molecule has 0 aromatic heterocycles. The fourth-order valence-electron chi connectivity index (χ4n) is 3.27. The normalized spacial score (nSPS) is 11.3. The van der Waals surface area contributed by atoms with Crippen LogP contribution in [0.2, 0.25) is 0 Å². The summed E-state index contributed by atoms with van der Waals surface area (Å²) >= 11 is 0. The Morgan fingerprint density at radius 2 is 1.44 bits per heavy atom. The van der Waals surface area contributed by atoms with E-state index in [0.29, 0.717) is 23.8 Å². The van der Waals surface area contributed by atoms with Gasteiger partial charge in [0.15, 0.2) is 0 Å². The van der Waals surface area contributed by atoms with E-state index in [1.165, 1.54) is 0 Å². The zero-order chi connectivity index (χ0) is 19.1. The van der Waals surface area contributed by atoms with E-state index in [4.69, 9.17) is 0 Å². The van der Waals surface area contributed by atoms with Crippen LogP contribution in [-0.2, 0) is 12.8 Å². The van der Waals surface area contributed by atoms with Crippen molar-refractivity contribution in [1.82, 2.24) is 0 Å². The van der Waals surface area contributed by atoms with Crippen LogP contribution >= 0.6 is 0 Å². The van der Waals surface area contributed by atoms with E-state index in [1.54, 1.807) is 6.07 Å². The highest BCUT2D eigenvalue weighted by atomic mass is 16.4. The minimum Gasteiger partial charge on any atom is -0.478 e. The van der Waals surface area contributed by atoms with Crippen LogP contribution in [0.3, 0.4) is 0 Å². The van der Waals surface area contributed by atoms with Crippen LogP contribution in [0.15, 0.2) is 6.07 Å². The quantitative estimate of drug-likeness (QED) is 0.598. The molecule has 4 heteroatoms. The molecule has 0 atom stereocenters. The molecule has 4 nitrogen and oxygen atoms in total. The van der Waals surface area contributed by atoms with Crippen molar-refractivity contribution >= 4 is 11.9 Å². The minimum atomic E-state index is -1.16. The first-order chi connectivity index (χ1) is 11.6. The molecule has 0 heterocycles. The number of carboxylic acid groups (broad SMARTS) is 2. The number of hydrogen-bond acceptors (Lipinski definition) is 2. The summed E-state index contributed by atoms with van der Waals surface area (Å²) in [5.41, 5.74) is 2.53. The van der Waals surface area contributed by atoms with Crippen LogP contribution in [0, 0.1) is 18.8 Å². The second kappa shape index (κ2) is 9.59. The van der Waals surface area contributed by atoms with Gasteiger partial charge in [0.05, 0.1) is 11.1 Å². The van der Waals surface area contributed by atoms with Gasteiger partial charge in [0.2, 0.25) is 0 Å². The molecular weight excluding hydrogens is 316 g/mol. The third kappa shape index (κ3) is 6.18. The Morgan fingerprint density at radius 1 is 0.920 bits per heavy atom. The predicted molar refractivity (Wildman–Crippen MR) is 101 cm³/mol. The SMILES string of the molecule is Cc1c(CCCC(C)C)cc(C(=O)O)c(C(=O)O)c1CCCC(C)C. The van der Waals surface area contributed by atoms with Gasteiger partial charge in [-0.3, -0.25) is 0 Å². The van der Waals surface area contributed by atoms with Crippen molar-refractivity contribution in [2.45, 2.75) is 73.1 Å². The molecule has 1 rings (SSSR count). The van der Waals surface area contributed by atoms with Crippen LogP contribution in [0.1, 0.15) is 90.8 Å². The number of benzene rings is 1. The second-order valence-electron chi connectivity index (χ2n) is 7.74. The standard InChI is InChI=1S/C21H32O4/c1-13(2)8-6-10-16-12-18(20(22)23)19(21(24)25)17(15(16)5)11-7-9-14(3)4/h12-14H,6-11H2,1-5H3,(H,22,23)(H,24,25). The molecule has 0 aliphatic heterocycles. The molecule has 1 aromatic rings. The lowest BCUT2D eigenvalue weighted by molar-refractivity contribution is 0.0650. The van der Waals surface area contributed by atoms with Gasteiger partial charge < -0.3 is 10.2 Å². The molecule has 0 aliphatic rings. The maximum absolute atomic E-state index is 11.7. The van der Waals surface area contributed by atoms with Crippen LogP contribution < -0.4 is 0 Å². The van der Waals surface area contributed by atoms with Gasteiger partial charge in [-0.25, -0.2) is 9.59 Å². The molecule has 0 fully saturated rings. The molecule has 0 amide bonds. The highest BCUT2D eigenvalue weighted by Gasteiger charge is 2.24. The zero-order valence-electron chi connectivity index (χ0n) is 16.2. The van der Waals surface area contributed by atoms with E-state index >= 15 is 0 Å². The van der Waals surface area contributed by atoms with Crippen molar-refractivity contribution < 1.29 is 19.8 Å². The third-order valence-corrected chi connectivity index (χ3v) is 4.70. The Labute approximate surface area is 151 Å². The molecule has 0 unspecified atom stereocenters. The zero-order valence-corrected chi connectivity index (χ0v) is 16.2. The van der Waals surface area contributed by atoms with Gasteiger partial charge in [-0.15, -0.1) is 0 Å². The molecule has 0 saturated heterocycles. The summed E-state index contributed by atoms with van der Waals surface area (Å²) in [7, 11) is 0. The molecule has 2 N–H and O–H groups in total. The van der Waals surface area contributed by atoms with Crippen LogP contribution in [-0.4, -0.2) is 22.2 Å². The number of carbonyl (C=O) groups is 2. The highest BCUT2D eigenvalue weighted by molar-refractivity contribution is 6.03. The second-order valence-corrected chi connectivity index (χ2v) is 7.74. The summed E-state index contributed by atoms with van der Waals surface area (Å²) in [6, 6.07) is 1.58. The summed E-state index contributed by atoms with van der Waals surface area (Å²) in [5, 5.41) is 19.1. The predicted octanol–water partition coefficient (Wildman–Crippen LogP) is 5.35. The molecule has 0 spiro atoms. The van der Waals surface area contributed by atoms with Gasteiger partial charge in [0.25, 0.3) is 0 Å². The summed E-state index contributed by atoms with van der Waals surface area (Å²) < 4.78 is 0. The molecule has 0 aliphatic carbocycles. The Hall–Kier alpha value is -1.84. The number of carboxylic acids is 2. The first-order valence-corrected chi connectivity index (χ1v) is 9.27. The summed E-state index contributed by atoms with van der Waals surface area (Å²) in [5.74, 6) is -1.16. The van der Waals surface area contributed by atoms with Gasteiger partial charge in [0, 0.05) is 0 Å². The number of aryl methyl sites for hydroxylation is 1. The van der Waals surface area contributed by atoms with E-state index in [2.05, 4.69) is 27.7 Å². The Bertz CT molecular complexity index is 615. The molecule has 140 valence electrons. The van der Waals surface area contributed by atoms with E-state index < -0.39 is 11.9 Å². The average molecular weight is 348 g/mol. The Kier molecular flexibility index (Phi) is 8.14. The summed E-state index contributed by atoms with van der Waals surface area (Å²) in [6.07, 6.45) is 5.33. The first kappa shape index (κ1) is 21.2. The van der Waals surface area contributed by atoms with Crippen molar-refractivity contribution in [2.24, 2.45) is 11.8 Å². The van der Waals surface area contributed by atoms with Crippen molar-refractivity contribution in [1.29, 1.82) is 0 Å². The van der Waals surface area contributed by atoms with Crippen LogP contribution in [0.4, 0.5) is 0 Å². The Balaban J connectivity index is 3.28. The van der Waals surface area contributed by atoms with Crippen molar-refractivity contribution in [2.75, 3.05) is 0 Å². The van der Waals surface area contributed by atoms with Gasteiger partial charge in [-0.1, -0.05) is 40.5 Å². The van der Waals surface area contributed by atoms with Crippen molar-refractivity contribution in [3.63, 3.8) is 0 Å². The summed E-state index contributed by atoms with van der Waals surface area (Å²) in [4.78, 5) is 23.4. The smallest absolute Gasteiger partial charge is 0.336 e. The van der Waals surface area contributed by atoms with Gasteiger partial charge in [-0.2, -0.15) is 0 Å². The first-order valence-electron chi connectivity index (χ1n) is 9.27. The Morgan fingerprint density at radius 3 is 1.88 bits per heavy atom. The minimum absolute atomic E-state index is 0.0265. The maximum atomic E-state index is 11.7. The highest BCUT2D eigenvalue weighted by Crippen LogP contribution is 2.27. The fraction of sp³-hybridized carbons (Fsp3) is 0.619. The lowest BCUT2D eigenvalue weighted by Gasteiger charge is -2.18. The monoisotopic (exact) mass is 348 g/mol. The molecular formula is C21H32O4. The van der Waals surface area contributed by atoms with Gasteiger partial charge in [-0.05, 0) is 67.2 Å². The van der Waals surface area contributed by atoms with E-state index in [-0.39, 0.29) is 11.1 Å².